The summed E-state index contributed by atoms with van der Waals surface area (Å²) in [5.74, 6) is -0.954. The highest BCUT2D eigenvalue weighted by atomic mass is 32.1. The maximum Gasteiger partial charge on any atom is 0.270 e. The van der Waals surface area contributed by atoms with Crippen LogP contribution in [0.3, 0.4) is 0 Å². The van der Waals surface area contributed by atoms with Crippen LogP contribution in [0.1, 0.15) is 22.3 Å². The maximum atomic E-state index is 12.3. The van der Waals surface area contributed by atoms with Gasteiger partial charge in [0.15, 0.2) is 0 Å². The number of hydrogen-bond acceptors (Lipinski definition) is 6. The third-order valence-electron chi connectivity index (χ3n) is 3.82. The Hall–Kier alpha value is -3.33. The highest BCUT2D eigenvalue weighted by Gasteiger charge is 2.18. The Morgan fingerprint density at radius 1 is 1.22 bits per heavy atom. The molecule has 0 aliphatic heterocycles. The lowest BCUT2D eigenvalue weighted by molar-refractivity contribution is -0.384. The zero-order valence-corrected chi connectivity index (χ0v) is 15.4. The highest BCUT2D eigenvalue weighted by Crippen LogP contribution is 2.24. The molecule has 0 unspecified atom stereocenters. The van der Waals surface area contributed by atoms with Gasteiger partial charge in [0.2, 0.25) is 5.91 Å². The van der Waals surface area contributed by atoms with Gasteiger partial charge >= 0.3 is 0 Å². The third-order valence-corrected chi connectivity index (χ3v) is 4.76. The summed E-state index contributed by atoms with van der Waals surface area (Å²) in [4.78, 5) is 39.2. The number of nitrogens with one attached hydrogen (secondary N) is 2. The van der Waals surface area contributed by atoms with Crippen LogP contribution in [-0.4, -0.2) is 27.8 Å². The Balaban J connectivity index is 1.66. The van der Waals surface area contributed by atoms with Gasteiger partial charge in [0.05, 0.1) is 20.1 Å². The van der Waals surface area contributed by atoms with Crippen molar-refractivity contribution in [2.24, 2.45) is 0 Å². The average Bonchev–Trinajstić information content (AvgIpc) is 3.00. The van der Waals surface area contributed by atoms with Gasteiger partial charge in [-0.15, -0.1) is 11.3 Å². The second-order valence-electron chi connectivity index (χ2n) is 5.91. The number of anilines is 1. The fourth-order valence-electron chi connectivity index (χ4n) is 2.47. The first kappa shape index (κ1) is 18.5. The number of nitro groups is 1. The summed E-state index contributed by atoms with van der Waals surface area (Å²) in [7, 11) is 0. The Kier molecular flexibility index (Phi) is 5.13. The van der Waals surface area contributed by atoms with E-state index < -0.39 is 22.8 Å². The summed E-state index contributed by atoms with van der Waals surface area (Å²) in [6.45, 7) is 3.45. The minimum Gasteiger partial charge on any atom is -0.341 e. The minimum atomic E-state index is -0.823. The van der Waals surface area contributed by atoms with Crippen molar-refractivity contribution >= 4 is 44.7 Å². The number of carbonyl (C=O) groups is 2. The minimum absolute atomic E-state index is 0.116. The van der Waals surface area contributed by atoms with Crippen molar-refractivity contribution < 1.29 is 14.5 Å². The topological polar surface area (TPSA) is 114 Å². The molecule has 2 N–H and O–H groups in total. The van der Waals surface area contributed by atoms with Crippen molar-refractivity contribution in [2.75, 3.05) is 5.32 Å². The van der Waals surface area contributed by atoms with E-state index in [4.69, 9.17) is 0 Å². The van der Waals surface area contributed by atoms with Crippen molar-refractivity contribution in [3.63, 3.8) is 0 Å². The molecule has 1 heterocycles. The van der Waals surface area contributed by atoms with Gasteiger partial charge in [-0.2, -0.15) is 0 Å². The number of nitrogens with zero attached hydrogens (tertiary/aromatic N) is 2. The van der Waals surface area contributed by atoms with Crippen LogP contribution in [0.15, 0.2) is 42.5 Å². The summed E-state index contributed by atoms with van der Waals surface area (Å²) in [6, 6.07) is 9.90. The van der Waals surface area contributed by atoms with Crippen LogP contribution in [0, 0.1) is 17.0 Å². The second-order valence-corrected chi connectivity index (χ2v) is 7.14. The molecule has 1 aromatic heterocycles. The molecule has 0 fully saturated rings. The molecule has 8 nitrogen and oxygen atoms in total. The van der Waals surface area contributed by atoms with E-state index in [9.17, 15) is 19.7 Å². The molecule has 0 aliphatic rings. The molecular weight excluding hydrogens is 368 g/mol. The molecule has 3 rings (SSSR count). The second kappa shape index (κ2) is 7.50. The van der Waals surface area contributed by atoms with Crippen molar-refractivity contribution in [1.29, 1.82) is 0 Å². The fourth-order valence-corrected chi connectivity index (χ4v) is 3.34. The number of fused-ring (bicyclic) bond motifs is 1. The monoisotopic (exact) mass is 384 g/mol. The van der Waals surface area contributed by atoms with Crippen molar-refractivity contribution in [2.45, 2.75) is 19.9 Å². The lowest BCUT2D eigenvalue weighted by Crippen LogP contribution is -2.41. The zero-order valence-electron chi connectivity index (χ0n) is 14.6. The maximum absolute atomic E-state index is 12.3. The standard InChI is InChI=1S/C18H16N4O4S/c1-10(19-18(24)12-4-3-5-14(8-12)22(25)26)17(23)21-13-6-7-15-16(9-13)27-11(2)20-15/h3-10H,1-2H3,(H,19,24)(H,21,23)/t10-/m0/s1. The van der Waals surface area contributed by atoms with Crippen molar-refractivity contribution in [1.82, 2.24) is 10.3 Å². The van der Waals surface area contributed by atoms with Gasteiger partial charge in [0, 0.05) is 23.4 Å². The summed E-state index contributed by atoms with van der Waals surface area (Å²) in [6.07, 6.45) is 0. The number of non-ortho nitro benzene ring substituents is 1. The molecule has 2 aromatic carbocycles. The molecule has 9 heteroatoms. The molecule has 0 aliphatic carbocycles. The fraction of sp³-hybridized carbons (Fsp3) is 0.167. The molecule has 0 radical (unpaired) electrons. The molecular formula is C18H16N4O4S. The number of hydrogen-bond donors (Lipinski definition) is 2. The lowest BCUT2D eigenvalue weighted by atomic mass is 10.1. The van der Waals surface area contributed by atoms with E-state index in [1.807, 2.05) is 19.1 Å². The van der Waals surface area contributed by atoms with Crippen LogP contribution >= 0.6 is 11.3 Å². The molecule has 0 bridgehead atoms. The molecule has 27 heavy (non-hydrogen) atoms. The molecule has 0 saturated heterocycles. The average molecular weight is 384 g/mol. The van der Waals surface area contributed by atoms with Gasteiger partial charge in [0.1, 0.15) is 6.04 Å². The normalized spacial score (nSPS) is 11.8. The van der Waals surface area contributed by atoms with E-state index in [0.717, 1.165) is 15.2 Å². The predicted octanol–water partition coefficient (Wildman–Crippen LogP) is 3.27. The predicted molar refractivity (Wildman–Crippen MR) is 103 cm³/mol. The Morgan fingerprint density at radius 2 is 2.00 bits per heavy atom. The Morgan fingerprint density at radius 3 is 2.74 bits per heavy atom. The first-order chi connectivity index (χ1) is 12.8. The van der Waals surface area contributed by atoms with E-state index in [1.54, 1.807) is 13.0 Å². The Bertz CT molecular complexity index is 1050. The van der Waals surface area contributed by atoms with E-state index in [1.165, 1.54) is 35.6 Å². The van der Waals surface area contributed by atoms with E-state index >= 15 is 0 Å². The van der Waals surface area contributed by atoms with Gasteiger partial charge < -0.3 is 10.6 Å². The van der Waals surface area contributed by atoms with Crippen LogP contribution < -0.4 is 10.6 Å². The van der Waals surface area contributed by atoms with Crippen LogP contribution in [0.5, 0.6) is 0 Å². The highest BCUT2D eigenvalue weighted by molar-refractivity contribution is 7.18. The number of aromatic nitrogens is 1. The summed E-state index contributed by atoms with van der Waals surface area (Å²) >= 11 is 1.53. The first-order valence-corrected chi connectivity index (χ1v) is 8.88. The largest absolute Gasteiger partial charge is 0.341 e. The van der Waals surface area contributed by atoms with Gasteiger partial charge in [-0.05, 0) is 38.1 Å². The number of nitro benzene ring substituents is 1. The van der Waals surface area contributed by atoms with Crippen molar-refractivity contribution in [3.8, 4) is 0 Å². The number of thiazole rings is 1. The van der Waals surface area contributed by atoms with E-state index in [-0.39, 0.29) is 11.3 Å². The summed E-state index contributed by atoms with van der Waals surface area (Å²) in [5.41, 5.74) is 1.40. The molecule has 0 spiro atoms. The van der Waals surface area contributed by atoms with E-state index in [0.29, 0.717) is 5.69 Å². The van der Waals surface area contributed by atoms with Crippen LogP contribution in [0.4, 0.5) is 11.4 Å². The zero-order chi connectivity index (χ0) is 19.6. The lowest BCUT2D eigenvalue weighted by Gasteiger charge is -2.14. The van der Waals surface area contributed by atoms with Crippen LogP contribution in [0.2, 0.25) is 0 Å². The number of benzene rings is 2. The molecule has 0 saturated carbocycles. The Labute approximate surface area is 158 Å². The van der Waals surface area contributed by atoms with Crippen molar-refractivity contribution in [3.05, 3.63) is 63.1 Å². The molecule has 138 valence electrons. The number of aryl methyl sites for hydroxylation is 1. The van der Waals surface area contributed by atoms with Gasteiger partial charge in [-0.3, -0.25) is 19.7 Å². The number of rotatable bonds is 5. The van der Waals surface area contributed by atoms with E-state index in [2.05, 4.69) is 15.6 Å². The SMILES string of the molecule is Cc1nc2ccc(NC(=O)[C@H](C)NC(=O)c3cccc([N+](=O)[O-])c3)cc2s1. The molecule has 2 amide bonds. The van der Waals surface area contributed by atoms with Gasteiger partial charge in [-0.25, -0.2) is 4.98 Å². The number of carbonyl (C=O) groups excluding carboxylic acids is 2. The van der Waals surface area contributed by atoms with Crippen LogP contribution in [-0.2, 0) is 4.79 Å². The molecule has 3 aromatic rings. The smallest absolute Gasteiger partial charge is 0.270 e. The van der Waals surface area contributed by atoms with Gasteiger partial charge in [-0.1, -0.05) is 6.07 Å². The van der Waals surface area contributed by atoms with Crippen LogP contribution in [0.25, 0.3) is 10.2 Å². The quantitative estimate of drug-likeness (QED) is 0.518. The first-order valence-electron chi connectivity index (χ1n) is 8.07. The van der Waals surface area contributed by atoms with Gasteiger partial charge in [0.25, 0.3) is 11.6 Å². The summed E-state index contributed by atoms with van der Waals surface area (Å²) < 4.78 is 0.957. The third kappa shape index (κ3) is 4.26. The number of amides is 2. The summed E-state index contributed by atoms with van der Waals surface area (Å²) in [5, 5.41) is 17.0. The molecule has 1 atom stereocenters.